The number of amides is 1. The van der Waals surface area contributed by atoms with E-state index in [1.54, 1.807) is 37.4 Å². The Hall–Kier alpha value is -2.36. The number of primary amides is 1. The molecule has 1 atom stereocenters. The molecule has 2 aromatic carbocycles. The van der Waals surface area contributed by atoms with E-state index >= 15 is 0 Å². The van der Waals surface area contributed by atoms with E-state index in [-0.39, 0.29) is 35.9 Å². The Morgan fingerprint density at radius 1 is 1.22 bits per heavy atom. The van der Waals surface area contributed by atoms with Crippen molar-refractivity contribution in [3.05, 3.63) is 65.5 Å². The van der Waals surface area contributed by atoms with Gasteiger partial charge in [0, 0.05) is 25.2 Å². The summed E-state index contributed by atoms with van der Waals surface area (Å²) in [5.74, 6) is 0.269. The topological polar surface area (TPSA) is 88.7 Å². The van der Waals surface area contributed by atoms with Gasteiger partial charge in [-0.25, -0.2) is 4.39 Å². The maximum atomic E-state index is 13.2. The maximum Gasteiger partial charge on any atom is 0.248 e. The van der Waals surface area contributed by atoms with E-state index in [2.05, 4.69) is 15.6 Å². The van der Waals surface area contributed by atoms with Crippen molar-refractivity contribution in [1.82, 2.24) is 10.6 Å². The van der Waals surface area contributed by atoms with Crippen molar-refractivity contribution >= 4 is 35.8 Å². The number of aliphatic imine (C=N–C) groups is 1. The molecule has 146 valence electrons. The van der Waals surface area contributed by atoms with E-state index in [4.69, 9.17) is 10.5 Å². The molecule has 0 heterocycles. The summed E-state index contributed by atoms with van der Waals surface area (Å²) in [6.45, 7) is 2.85. The second-order valence-electron chi connectivity index (χ2n) is 5.76. The molecule has 1 amide bonds. The van der Waals surface area contributed by atoms with Crippen LogP contribution in [0, 0.1) is 5.82 Å². The number of benzene rings is 2. The average Bonchev–Trinajstić information content (AvgIpc) is 2.62. The fourth-order valence-corrected chi connectivity index (χ4v) is 2.30. The molecule has 2 aromatic rings. The predicted molar refractivity (Wildman–Crippen MR) is 115 cm³/mol. The van der Waals surface area contributed by atoms with Crippen LogP contribution in [0.4, 0.5) is 4.39 Å². The highest BCUT2D eigenvalue weighted by Crippen LogP contribution is 2.13. The number of rotatable bonds is 7. The molecule has 0 fully saturated rings. The van der Waals surface area contributed by atoms with E-state index in [1.165, 1.54) is 12.1 Å². The van der Waals surface area contributed by atoms with Gasteiger partial charge >= 0.3 is 0 Å². The first-order chi connectivity index (χ1) is 12.5. The third-order valence-electron chi connectivity index (χ3n) is 3.59. The van der Waals surface area contributed by atoms with Gasteiger partial charge in [-0.05, 0) is 36.8 Å². The quantitative estimate of drug-likeness (QED) is 0.319. The molecule has 1 unspecified atom stereocenters. The van der Waals surface area contributed by atoms with Crippen LogP contribution in [0.15, 0.2) is 53.5 Å². The van der Waals surface area contributed by atoms with Crippen molar-refractivity contribution in [2.45, 2.75) is 19.6 Å². The van der Waals surface area contributed by atoms with Gasteiger partial charge in [0.05, 0.1) is 6.54 Å². The third kappa shape index (κ3) is 7.81. The van der Waals surface area contributed by atoms with Crippen LogP contribution in [0.3, 0.4) is 0 Å². The first-order valence-corrected chi connectivity index (χ1v) is 8.23. The number of hydrogen-bond acceptors (Lipinski definition) is 3. The minimum absolute atomic E-state index is 0. The molecule has 2 rings (SSSR count). The Bertz CT molecular complexity index is 786. The molecule has 4 N–H and O–H groups in total. The number of nitrogens with zero attached hydrogens (tertiary/aromatic N) is 1. The van der Waals surface area contributed by atoms with Crippen LogP contribution in [0.5, 0.6) is 5.75 Å². The SMILES string of the molecule is CN=C(NCc1cccc(C(N)=O)c1)NCC(C)Oc1cccc(F)c1.I. The van der Waals surface area contributed by atoms with Gasteiger partial charge in [-0.3, -0.25) is 9.79 Å². The van der Waals surface area contributed by atoms with Gasteiger partial charge in [0.25, 0.3) is 0 Å². The van der Waals surface area contributed by atoms with Crippen molar-refractivity contribution in [2.75, 3.05) is 13.6 Å². The molecule has 0 saturated carbocycles. The number of guanidine groups is 1. The summed E-state index contributed by atoms with van der Waals surface area (Å²) in [4.78, 5) is 15.4. The largest absolute Gasteiger partial charge is 0.489 e. The van der Waals surface area contributed by atoms with E-state index in [9.17, 15) is 9.18 Å². The standard InChI is InChI=1S/C19H23FN4O2.HI/c1-13(26-17-8-4-7-16(20)10-17)11-23-19(22-2)24-12-14-5-3-6-15(9-14)18(21)25;/h3-10,13H,11-12H2,1-2H3,(H2,21,25)(H2,22,23,24);1H. The molecule has 0 bridgehead atoms. The van der Waals surface area contributed by atoms with Gasteiger partial charge < -0.3 is 21.1 Å². The van der Waals surface area contributed by atoms with Gasteiger partial charge in [-0.2, -0.15) is 0 Å². The molecule has 6 nitrogen and oxygen atoms in total. The fourth-order valence-electron chi connectivity index (χ4n) is 2.30. The van der Waals surface area contributed by atoms with Crippen molar-refractivity contribution in [1.29, 1.82) is 0 Å². The number of carbonyl (C=O) groups is 1. The number of carbonyl (C=O) groups excluding carboxylic acids is 1. The molecule has 0 aromatic heterocycles. The molecule has 0 aliphatic carbocycles. The smallest absolute Gasteiger partial charge is 0.248 e. The van der Waals surface area contributed by atoms with Gasteiger partial charge in [-0.15, -0.1) is 24.0 Å². The highest BCUT2D eigenvalue weighted by atomic mass is 127. The van der Waals surface area contributed by atoms with Crippen molar-refractivity contribution in [3.63, 3.8) is 0 Å². The molecular formula is C19H24FIN4O2. The normalized spacial score (nSPS) is 11.9. The van der Waals surface area contributed by atoms with Gasteiger partial charge in [0.15, 0.2) is 5.96 Å². The number of hydrogen-bond donors (Lipinski definition) is 3. The summed E-state index contributed by atoms with van der Waals surface area (Å²) in [6.07, 6.45) is -0.187. The minimum atomic E-state index is -0.460. The molecular weight excluding hydrogens is 462 g/mol. The van der Waals surface area contributed by atoms with Crippen LogP contribution in [0.1, 0.15) is 22.8 Å². The Kier molecular flexibility index (Phi) is 9.55. The number of nitrogens with two attached hydrogens (primary N) is 1. The Labute approximate surface area is 175 Å². The molecule has 0 saturated heterocycles. The lowest BCUT2D eigenvalue weighted by molar-refractivity contribution is 0.1000. The summed E-state index contributed by atoms with van der Waals surface area (Å²) in [5.41, 5.74) is 6.66. The predicted octanol–water partition coefficient (Wildman–Crippen LogP) is 2.68. The van der Waals surface area contributed by atoms with Crippen LogP contribution in [-0.4, -0.2) is 31.6 Å². The lowest BCUT2D eigenvalue weighted by Gasteiger charge is -2.18. The summed E-state index contributed by atoms with van der Waals surface area (Å²) >= 11 is 0. The highest BCUT2D eigenvalue weighted by Gasteiger charge is 2.07. The lowest BCUT2D eigenvalue weighted by Crippen LogP contribution is -2.41. The first kappa shape index (κ1) is 22.7. The summed E-state index contributed by atoms with van der Waals surface area (Å²) in [5, 5.41) is 6.29. The molecule has 0 spiro atoms. The zero-order valence-electron chi connectivity index (χ0n) is 15.2. The number of ether oxygens (including phenoxy) is 1. The first-order valence-electron chi connectivity index (χ1n) is 8.23. The second-order valence-corrected chi connectivity index (χ2v) is 5.76. The fraction of sp³-hybridized carbons (Fsp3) is 0.263. The van der Waals surface area contributed by atoms with Gasteiger partial charge in [-0.1, -0.05) is 18.2 Å². The van der Waals surface area contributed by atoms with Crippen LogP contribution in [-0.2, 0) is 6.54 Å². The van der Waals surface area contributed by atoms with E-state index in [0.717, 1.165) is 5.56 Å². The zero-order valence-corrected chi connectivity index (χ0v) is 17.6. The highest BCUT2D eigenvalue weighted by molar-refractivity contribution is 14.0. The van der Waals surface area contributed by atoms with Crippen LogP contribution in [0.25, 0.3) is 0 Å². The Morgan fingerprint density at radius 3 is 2.63 bits per heavy atom. The Morgan fingerprint density at radius 2 is 1.96 bits per heavy atom. The molecule has 27 heavy (non-hydrogen) atoms. The Balaban J connectivity index is 0.00000364. The van der Waals surface area contributed by atoms with Crippen LogP contribution in [0.2, 0.25) is 0 Å². The summed E-state index contributed by atoms with van der Waals surface area (Å²) < 4.78 is 18.8. The number of halogens is 2. The average molecular weight is 486 g/mol. The van der Waals surface area contributed by atoms with E-state index in [0.29, 0.717) is 30.4 Å². The zero-order chi connectivity index (χ0) is 18.9. The van der Waals surface area contributed by atoms with E-state index < -0.39 is 5.91 Å². The molecule has 0 aliphatic heterocycles. The van der Waals surface area contributed by atoms with Crippen molar-refractivity contribution in [3.8, 4) is 5.75 Å². The van der Waals surface area contributed by atoms with Crippen molar-refractivity contribution in [2.24, 2.45) is 10.7 Å². The minimum Gasteiger partial charge on any atom is -0.489 e. The molecule has 0 radical (unpaired) electrons. The second kappa shape index (κ2) is 11.4. The monoisotopic (exact) mass is 486 g/mol. The molecule has 0 aliphatic rings. The van der Waals surface area contributed by atoms with Gasteiger partial charge in [0.2, 0.25) is 5.91 Å². The number of nitrogens with one attached hydrogen (secondary N) is 2. The summed E-state index contributed by atoms with van der Waals surface area (Å²) in [7, 11) is 1.66. The van der Waals surface area contributed by atoms with Crippen molar-refractivity contribution < 1.29 is 13.9 Å². The van der Waals surface area contributed by atoms with E-state index in [1.807, 2.05) is 13.0 Å². The summed E-state index contributed by atoms with van der Waals surface area (Å²) in [6, 6.07) is 13.1. The van der Waals surface area contributed by atoms with Gasteiger partial charge in [0.1, 0.15) is 17.7 Å². The lowest BCUT2D eigenvalue weighted by atomic mass is 10.1. The van der Waals surface area contributed by atoms with Crippen LogP contribution >= 0.6 is 24.0 Å². The maximum absolute atomic E-state index is 13.2. The third-order valence-corrected chi connectivity index (χ3v) is 3.59. The molecule has 8 heteroatoms. The van der Waals surface area contributed by atoms with Crippen LogP contribution < -0.4 is 21.1 Å².